The number of hydrogen-bond donors (Lipinski definition) is 2. The fourth-order valence-corrected chi connectivity index (χ4v) is 2.13. The molecule has 2 rings (SSSR count). The zero-order chi connectivity index (χ0) is 12.5. The second-order valence-corrected chi connectivity index (χ2v) is 4.99. The number of nitrogens with one attached hydrogen (secondary N) is 2. The van der Waals surface area contributed by atoms with Gasteiger partial charge in [0.2, 0.25) is 0 Å². The van der Waals surface area contributed by atoms with E-state index in [1.165, 1.54) is 0 Å². The van der Waals surface area contributed by atoms with E-state index in [0.29, 0.717) is 5.82 Å². The van der Waals surface area contributed by atoms with Crippen LogP contribution in [0, 0.1) is 12.7 Å². The van der Waals surface area contributed by atoms with Crippen molar-refractivity contribution in [2.45, 2.75) is 11.8 Å². The molecule has 0 aliphatic heterocycles. The second kappa shape index (κ2) is 4.13. The Bertz CT molecular complexity index is 621. The Kier molecular flexibility index (Phi) is 2.80. The van der Waals surface area contributed by atoms with E-state index in [1.54, 1.807) is 6.92 Å². The molecular formula is C9H9FN4O2S. The van der Waals surface area contributed by atoms with E-state index >= 15 is 0 Å². The van der Waals surface area contributed by atoms with Gasteiger partial charge in [-0.15, -0.1) is 5.10 Å². The van der Waals surface area contributed by atoms with Gasteiger partial charge in [0.1, 0.15) is 11.6 Å². The zero-order valence-electron chi connectivity index (χ0n) is 8.81. The van der Waals surface area contributed by atoms with Crippen molar-refractivity contribution in [1.82, 2.24) is 15.2 Å². The van der Waals surface area contributed by atoms with Crippen LogP contribution in [0.15, 0.2) is 29.2 Å². The normalized spacial score (nSPS) is 11.4. The first-order valence-corrected chi connectivity index (χ1v) is 6.13. The van der Waals surface area contributed by atoms with Crippen molar-refractivity contribution < 1.29 is 12.8 Å². The molecule has 0 saturated carbocycles. The first-order valence-electron chi connectivity index (χ1n) is 4.65. The maximum atomic E-state index is 12.7. The highest BCUT2D eigenvalue weighted by Crippen LogP contribution is 2.13. The van der Waals surface area contributed by atoms with E-state index in [9.17, 15) is 12.8 Å². The number of benzene rings is 1. The number of halogens is 1. The molecule has 0 fully saturated rings. The minimum absolute atomic E-state index is 0.0492. The predicted octanol–water partition coefficient (Wildman–Crippen LogP) is 1.05. The summed E-state index contributed by atoms with van der Waals surface area (Å²) in [6.07, 6.45) is 0. The molecule has 0 amide bonds. The number of rotatable bonds is 3. The minimum Gasteiger partial charge on any atom is -0.261 e. The van der Waals surface area contributed by atoms with Gasteiger partial charge in [-0.1, -0.05) is 0 Å². The molecule has 0 unspecified atom stereocenters. The van der Waals surface area contributed by atoms with Crippen LogP contribution in [-0.4, -0.2) is 23.6 Å². The van der Waals surface area contributed by atoms with Crippen molar-refractivity contribution in [3.8, 4) is 0 Å². The smallest absolute Gasteiger partial charge is 0.261 e. The van der Waals surface area contributed by atoms with Gasteiger partial charge in [0.05, 0.1) is 4.90 Å². The lowest BCUT2D eigenvalue weighted by Crippen LogP contribution is -2.14. The standard InChI is InChI=1S/C9H9FN4O2S/c1-6-11-9(13-12-6)14-17(15,16)8-4-2-7(10)3-5-8/h2-5H,1H3,(H2,11,12,13,14). The average molecular weight is 256 g/mol. The molecule has 6 nitrogen and oxygen atoms in total. The summed E-state index contributed by atoms with van der Waals surface area (Å²) in [6.45, 7) is 1.64. The molecule has 0 bridgehead atoms. The molecule has 17 heavy (non-hydrogen) atoms. The molecule has 0 radical (unpaired) electrons. The molecule has 90 valence electrons. The van der Waals surface area contributed by atoms with E-state index in [0.717, 1.165) is 24.3 Å². The van der Waals surface area contributed by atoms with E-state index < -0.39 is 15.8 Å². The largest absolute Gasteiger partial charge is 0.264 e. The average Bonchev–Trinajstić information content (AvgIpc) is 2.63. The summed E-state index contributed by atoms with van der Waals surface area (Å²) in [7, 11) is -3.78. The van der Waals surface area contributed by atoms with Crippen LogP contribution in [0.1, 0.15) is 5.82 Å². The summed E-state index contributed by atoms with van der Waals surface area (Å²) in [5.74, 6) is -0.0636. The lowest BCUT2D eigenvalue weighted by Gasteiger charge is -2.03. The Morgan fingerprint density at radius 1 is 1.29 bits per heavy atom. The van der Waals surface area contributed by atoms with Crippen LogP contribution in [0.25, 0.3) is 0 Å². The third-order valence-corrected chi connectivity index (χ3v) is 3.29. The fraction of sp³-hybridized carbons (Fsp3) is 0.111. The van der Waals surface area contributed by atoms with Crippen LogP contribution in [0.5, 0.6) is 0 Å². The predicted molar refractivity (Wildman–Crippen MR) is 58.3 cm³/mol. The number of nitrogens with zero attached hydrogens (tertiary/aromatic N) is 2. The highest BCUT2D eigenvalue weighted by Gasteiger charge is 2.16. The summed E-state index contributed by atoms with van der Waals surface area (Å²) in [6, 6.07) is 4.46. The monoisotopic (exact) mass is 256 g/mol. The highest BCUT2D eigenvalue weighted by molar-refractivity contribution is 7.92. The Hall–Kier alpha value is -1.96. The molecule has 0 aliphatic carbocycles. The van der Waals surface area contributed by atoms with Crippen LogP contribution in [0.4, 0.5) is 10.3 Å². The number of H-pyrrole nitrogens is 1. The molecule has 2 N–H and O–H groups in total. The van der Waals surface area contributed by atoms with Crippen molar-refractivity contribution in [2.75, 3.05) is 4.72 Å². The van der Waals surface area contributed by atoms with E-state index in [4.69, 9.17) is 0 Å². The van der Waals surface area contributed by atoms with Crippen molar-refractivity contribution in [3.63, 3.8) is 0 Å². The van der Waals surface area contributed by atoms with Gasteiger partial charge >= 0.3 is 0 Å². The Balaban J connectivity index is 2.28. The fourth-order valence-electron chi connectivity index (χ4n) is 1.18. The maximum absolute atomic E-state index is 12.7. The number of aromatic nitrogens is 3. The maximum Gasteiger partial charge on any atom is 0.264 e. The molecule has 0 spiro atoms. The number of anilines is 1. The second-order valence-electron chi connectivity index (χ2n) is 3.30. The number of aromatic amines is 1. The molecule has 2 aromatic rings. The van der Waals surface area contributed by atoms with Crippen molar-refractivity contribution >= 4 is 16.0 Å². The quantitative estimate of drug-likeness (QED) is 0.859. The van der Waals surface area contributed by atoms with E-state index in [2.05, 4.69) is 19.9 Å². The summed E-state index contributed by atoms with van der Waals surface area (Å²) < 4.78 is 38.4. The molecule has 0 atom stereocenters. The summed E-state index contributed by atoms with van der Waals surface area (Å²) in [5, 5.41) is 6.15. The lowest BCUT2D eigenvalue weighted by molar-refractivity contribution is 0.599. The van der Waals surface area contributed by atoms with Crippen LogP contribution < -0.4 is 4.72 Å². The van der Waals surface area contributed by atoms with Crippen molar-refractivity contribution in [3.05, 3.63) is 35.9 Å². The third-order valence-electron chi connectivity index (χ3n) is 1.95. The Labute approximate surface area is 96.9 Å². The molecule has 0 saturated heterocycles. The van der Waals surface area contributed by atoms with Gasteiger partial charge < -0.3 is 0 Å². The summed E-state index contributed by atoms with van der Waals surface area (Å²) in [4.78, 5) is 3.75. The SMILES string of the molecule is Cc1nc(NS(=O)(=O)c2ccc(F)cc2)n[nH]1. The van der Waals surface area contributed by atoms with Crippen molar-refractivity contribution in [1.29, 1.82) is 0 Å². The highest BCUT2D eigenvalue weighted by atomic mass is 32.2. The molecule has 8 heteroatoms. The zero-order valence-corrected chi connectivity index (χ0v) is 9.62. The number of hydrogen-bond acceptors (Lipinski definition) is 4. The van der Waals surface area contributed by atoms with Gasteiger partial charge in [0, 0.05) is 0 Å². The summed E-state index contributed by atoms with van der Waals surface area (Å²) >= 11 is 0. The van der Waals surface area contributed by atoms with Crippen LogP contribution in [-0.2, 0) is 10.0 Å². The molecule has 0 aliphatic rings. The van der Waals surface area contributed by atoms with Crippen LogP contribution >= 0.6 is 0 Å². The van der Waals surface area contributed by atoms with Crippen molar-refractivity contribution in [2.24, 2.45) is 0 Å². The number of aryl methyl sites for hydroxylation is 1. The molecular weight excluding hydrogens is 247 g/mol. The van der Waals surface area contributed by atoms with Gasteiger partial charge in [-0.2, -0.15) is 4.98 Å². The van der Waals surface area contributed by atoms with Crippen LogP contribution in [0.2, 0.25) is 0 Å². The van der Waals surface area contributed by atoms with Gasteiger partial charge in [-0.25, -0.2) is 17.5 Å². The lowest BCUT2D eigenvalue weighted by atomic mass is 10.4. The minimum atomic E-state index is -3.78. The van der Waals surface area contributed by atoms with E-state index in [-0.39, 0.29) is 10.8 Å². The van der Waals surface area contributed by atoms with E-state index in [1.807, 2.05) is 0 Å². The Morgan fingerprint density at radius 2 is 1.94 bits per heavy atom. The first kappa shape index (κ1) is 11.5. The van der Waals surface area contributed by atoms with Gasteiger partial charge in [-0.3, -0.25) is 5.10 Å². The molecule has 1 aromatic carbocycles. The third kappa shape index (κ3) is 2.59. The first-order chi connectivity index (χ1) is 7.97. The van der Waals surface area contributed by atoms with Gasteiger partial charge in [0.25, 0.3) is 16.0 Å². The topological polar surface area (TPSA) is 87.7 Å². The van der Waals surface area contributed by atoms with Gasteiger partial charge in [-0.05, 0) is 31.2 Å². The van der Waals surface area contributed by atoms with Gasteiger partial charge in [0.15, 0.2) is 0 Å². The molecule has 1 heterocycles. The summed E-state index contributed by atoms with van der Waals surface area (Å²) in [5.41, 5.74) is 0. The van der Waals surface area contributed by atoms with Crippen LogP contribution in [0.3, 0.4) is 0 Å². The Morgan fingerprint density at radius 3 is 2.47 bits per heavy atom. The number of sulfonamides is 1. The molecule has 1 aromatic heterocycles.